The van der Waals surface area contributed by atoms with Crippen molar-refractivity contribution in [1.29, 1.82) is 0 Å². The van der Waals surface area contributed by atoms with Crippen LogP contribution in [0.3, 0.4) is 0 Å². The predicted octanol–water partition coefficient (Wildman–Crippen LogP) is 4.93. The van der Waals surface area contributed by atoms with Gasteiger partial charge in [0.2, 0.25) is 0 Å². The molecule has 0 saturated heterocycles. The molecule has 0 fully saturated rings. The number of carbonyl (C=O) groups is 1. The average Bonchev–Trinajstić information content (AvgIpc) is 2.85. The van der Waals surface area contributed by atoms with E-state index in [1.54, 1.807) is 11.8 Å². The van der Waals surface area contributed by atoms with E-state index in [9.17, 15) is 4.79 Å². The van der Waals surface area contributed by atoms with Gasteiger partial charge in [0.15, 0.2) is 0 Å². The number of thioether (sulfide) groups is 1. The summed E-state index contributed by atoms with van der Waals surface area (Å²) in [7, 11) is -1.57. The first-order chi connectivity index (χ1) is 15.6. The zero-order valence-electron chi connectivity index (χ0n) is 19.1. The van der Waals surface area contributed by atoms with Crippen LogP contribution in [-0.2, 0) is 4.79 Å². The molecule has 0 aliphatic heterocycles. The molecular formula is C27H35NO2PS+. The Balaban J connectivity index is 0.000000344. The van der Waals surface area contributed by atoms with Gasteiger partial charge in [0.25, 0.3) is 0 Å². The van der Waals surface area contributed by atoms with Crippen LogP contribution < -0.4 is 21.6 Å². The minimum atomic E-state index is -1.57. The highest BCUT2D eigenvalue weighted by Gasteiger charge is 2.44. The number of carboxylic acids is 1. The van der Waals surface area contributed by atoms with Crippen LogP contribution in [0.1, 0.15) is 26.2 Å². The summed E-state index contributed by atoms with van der Waals surface area (Å²) in [5, 5.41) is 12.7. The van der Waals surface area contributed by atoms with Crippen LogP contribution >= 0.6 is 19.0 Å². The van der Waals surface area contributed by atoms with Crippen molar-refractivity contribution < 1.29 is 9.90 Å². The van der Waals surface area contributed by atoms with E-state index >= 15 is 0 Å². The normalized spacial score (nSPS) is 11.8. The quantitative estimate of drug-likeness (QED) is 0.414. The Morgan fingerprint density at radius 3 is 1.59 bits per heavy atom. The topological polar surface area (TPSA) is 63.3 Å². The molecule has 3 rings (SSSR count). The molecule has 0 saturated carbocycles. The molecule has 0 spiro atoms. The van der Waals surface area contributed by atoms with Gasteiger partial charge in [-0.1, -0.05) is 67.9 Å². The number of unbranched alkanes of at least 4 members (excludes halogenated alkanes) is 1. The Labute approximate surface area is 197 Å². The zero-order chi connectivity index (χ0) is 23.2. The highest BCUT2D eigenvalue weighted by molar-refractivity contribution is 7.98. The Morgan fingerprint density at radius 1 is 0.875 bits per heavy atom. The van der Waals surface area contributed by atoms with Crippen molar-refractivity contribution in [2.24, 2.45) is 5.73 Å². The Bertz CT molecular complexity index is 810. The molecule has 32 heavy (non-hydrogen) atoms. The molecular weight excluding hydrogens is 433 g/mol. The average molecular weight is 469 g/mol. The van der Waals surface area contributed by atoms with Gasteiger partial charge in [0.05, 0.1) is 6.16 Å². The van der Waals surface area contributed by atoms with Crippen molar-refractivity contribution in [2.75, 3.05) is 18.2 Å². The van der Waals surface area contributed by atoms with Crippen LogP contribution in [0.2, 0.25) is 0 Å². The van der Waals surface area contributed by atoms with Crippen LogP contribution in [0.25, 0.3) is 0 Å². The summed E-state index contributed by atoms with van der Waals surface area (Å²) in [6.07, 6.45) is 6.20. The molecule has 0 unspecified atom stereocenters. The second-order valence-electron chi connectivity index (χ2n) is 7.62. The van der Waals surface area contributed by atoms with Crippen LogP contribution in [0.15, 0.2) is 91.0 Å². The molecule has 3 aromatic carbocycles. The van der Waals surface area contributed by atoms with Crippen molar-refractivity contribution in [3.8, 4) is 0 Å². The molecule has 5 heteroatoms. The van der Waals surface area contributed by atoms with Gasteiger partial charge in [-0.05, 0) is 61.2 Å². The fourth-order valence-electron chi connectivity index (χ4n) is 3.65. The van der Waals surface area contributed by atoms with Crippen molar-refractivity contribution in [3.05, 3.63) is 91.0 Å². The molecule has 1 atom stereocenters. The number of carboxylic acid groups (broad SMARTS) is 1. The van der Waals surface area contributed by atoms with Crippen LogP contribution in [-0.4, -0.2) is 35.3 Å². The second-order valence-corrected chi connectivity index (χ2v) is 12.2. The first-order valence-corrected chi connectivity index (χ1v) is 14.4. The van der Waals surface area contributed by atoms with E-state index in [1.807, 2.05) is 6.26 Å². The number of aliphatic carboxylic acids is 1. The van der Waals surface area contributed by atoms with Gasteiger partial charge in [-0.25, -0.2) is 0 Å². The van der Waals surface area contributed by atoms with E-state index in [1.165, 1.54) is 34.9 Å². The third-order valence-corrected chi connectivity index (χ3v) is 10.6. The van der Waals surface area contributed by atoms with Crippen molar-refractivity contribution >= 4 is 40.9 Å². The molecule has 0 aliphatic rings. The summed E-state index contributed by atoms with van der Waals surface area (Å²) in [6, 6.07) is 32.7. The maximum absolute atomic E-state index is 10.1. The lowest BCUT2D eigenvalue weighted by molar-refractivity contribution is -0.138. The lowest BCUT2D eigenvalue weighted by atomic mass is 10.2. The van der Waals surface area contributed by atoms with Crippen LogP contribution in [0, 0.1) is 0 Å². The van der Waals surface area contributed by atoms with Crippen molar-refractivity contribution in [3.63, 3.8) is 0 Å². The number of nitrogens with two attached hydrogens (primary N) is 1. The summed E-state index contributed by atoms with van der Waals surface area (Å²) in [5.41, 5.74) is 5.19. The first kappa shape index (κ1) is 26.1. The molecule has 0 aromatic heterocycles. The largest absolute Gasteiger partial charge is 0.480 e. The standard InChI is InChI=1S/C22H24P.C5H11NO2S/c1-2-3-19-23(20-13-7-4-8-14-20,21-15-9-5-10-16-21)22-17-11-6-12-18-22;1-9-3-2-4(6)5(7)8/h4-18H,2-3,19H2,1H3;4H,2-3,6H2,1H3,(H,7,8)/q+1;/t;4-/m.0/s1. The van der Waals surface area contributed by atoms with E-state index in [0.717, 1.165) is 5.75 Å². The fraction of sp³-hybridized carbons (Fsp3) is 0.296. The molecule has 0 heterocycles. The number of benzene rings is 3. The molecule has 0 bridgehead atoms. The lowest BCUT2D eigenvalue weighted by Gasteiger charge is -2.27. The SMILES string of the molecule is CCCC[P+](c1ccccc1)(c1ccccc1)c1ccccc1.CSCC[C@H](N)C(=O)O. The van der Waals surface area contributed by atoms with Crippen molar-refractivity contribution in [2.45, 2.75) is 32.2 Å². The van der Waals surface area contributed by atoms with Gasteiger partial charge >= 0.3 is 5.97 Å². The third kappa shape index (κ3) is 7.20. The Kier molecular flexibility index (Phi) is 11.5. The molecule has 0 amide bonds. The van der Waals surface area contributed by atoms with E-state index < -0.39 is 19.3 Å². The predicted molar refractivity (Wildman–Crippen MR) is 144 cm³/mol. The monoisotopic (exact) mass is 468 g/mol. The third-order valence-electron chi connectivity index (χ3n) is 5.39. The summed E-state index contributed by atoms with van der Waals surface area (Å²) >= 11 is 1.60. The summed E-state index contributed by atoms with van der Waals surface area (Å²) in [5.74, 6) is -0.1000. The van der Waals surface area contributed by atoms with Crippen molar-refractivity contribution in [1.82, 2.24) is 0 Å². The van der Waals surface area contributed by atoms with Gasteiger partial charge in [0, 0.05) is 0 Å². The maximum Gasteiger partial charge on any atom is 0.320 e. The molecule has 3 aromatic rings. The van der Waals surface area contributed by atoms with Gasteiger partial charge in [-0.15, -0.1) is 0 Å². The maximum atomic E-state index is 10.1. The smallest absolute Gasteiger partial charge is 0.320 e. The number of hydrogen-bond acceptors (Lipinski definition) is 3. The summed E-state index contributed by atoms with van der Waals surface area (Å²) in [6.45, 7) is 2.29. The van der Waals surface area contributed by atoms with E-state index in [4.69, 9.17) is 10.8 Å². The minimum absolute atomic E-state index is 0.552. The summed E-state index contributed by atoms with van der Waals surface area (Å²) in [4.78, 5) is 10.1. The lowest BCUT2D eigenvalue weighted by Crippen LogP contribution is -2.33. The first-order valence-electron chi connectivity index (χ1n) is 11.1. The highest BCUT2D eigenvalue weighted by atomic mass is 32.2. The van der Waals surface area contributed by atoms with E-state index in [-0.39, 0.29) is 0 Å². The molecule has 0 radical (unpaired) electrons. The molecule has 3 N–H and O–H groups in total. The van der Waals surface area contributed by atoms with Gasteiger partial charge < -0.3 is 10.8 Å². The zero-order valence-corrected chi connectivity index (χ0v) is 20.8. The van der Waals surface area contributed by atoms with Gasteiger partial charge in [-0.3, -0.25) is 4.79 Å². The fourth-order valence-corrected chi connectivity index (χ4v) is 8.64. The number of hydrogen-bond donors (Lipinski definition) is 2. The van der Waals surface area contributed by atoms with Gasteiger partial charge in [-0.2, -0.15) is 11.8 Å². The summed E-state index contributed by atoms with van der Waals surface area (Å²) < 4.78 is 0. The minimum Gasteiger partial charge on any atom is -0.480 e. The Hall–Kier alpha value is -2.13. The van der Waals surface area contributed by atoms with Crippen LogP contribution in [0.4, 0.5) is 0 Å². The Morgan fingerprint density at radius 2 is 1.28 bits per heavy atom. The number of rotatable bonds is 10. The molecule has 0 aliphatic carbocycles. The van der Waals surface area contributed by atoms with Gasteiger partial charge in [0.1, 0.15) is 29.2 Å². The molecule has 3 nitrogen and oxygen atoms in total. The molecule has 170 valence electrons. The second kappa shape index (κ2) is 14.1. The highest BCUT2D eigenvalue weighted by Crippen LogP contribution is 2.55. The van der Waals surface area contributed by atoms with Crippen LogP contribution in [0.5, 0.6) is 0 Å². The van der Waals surface area contributed by atoms with E-state index in [2.05, 4.69) is 97.9 Å². The van der Waals surface area contributed by atoms with E-state index in [0.29, 0.717) is 6.42 Å².